The largest absolute Gasteiger partial charge is 0.486 e. The number of anilines is 1. The number of likely N-dealkylation sites (N-methyl/N-ethyl adjacent to an activating group) is 1. The molecule has 0 saturated carbocycles. The Bertz CT molecular complexity index is 1160. The first kappa shape index (κ1) is 24.2. The van der Waals surface area contributed by atoms with Crippen LogP contribution in [0.3, 0.4) is 0 Å². The van der Waals surface area contributed by atoms with E-state index in [4.69, 9.17) is 9.47 Å². The molecular weight excluding hydrogens is 460 g/mol. The van der Waals surface area contributed by atoms with E-state index in [0.29, 0.717) is 50.9 Å². The van der Waals surface area contributed by atoms with Gasteiger partial charge in [0, 0.05) is 32.2 Å². The van der Waals surface area contributed by atoms with Crippen molar-refractivity contribution in [3.05, 3.63) is 52.1 Å². The van der Waals surface area contributed by atoms with E-state index in [0.717, 1.165) is 11.6 Å². The summed E-state index contributed by atoms with van der Waals surface area (Å²) >= 11 is 0. The van der Waals surface area contributed by atoms with E-state index in [1.54, 1.807) is 0 Å². The molecule has 184 valence electrons. The summed E-state index contributed by atoms with van der Waals surface area (Å²) in [7, 11) is -1.89. The number of ether oxygens (including phenoxy) is 2. The molecule has 1 fully saturated rings. The SMILES string of the molecule is CC(C)[C@@H](Nc1ccc(S(=O)(=O)N2CCN(C)CC2)cc1[N+](=O)[O-])c1ccc2c(c1)OCCO2. The quantitative estimate of drug-likeness (QED) is 0.465. The second-order valence-electron chi connectivity index (χ2n) is 8.91. The molecule has 2 aromatic carbocycles. The van der Waals surface area contributed by atoms with Crippen molar-refractivity contribution in [1.82, 2.24) is 9.21 Å². The van der Waals surface area contributed by atoms with Crippen molar-refractivity contribution in [2.75, 3.05) is 51.8 Å². The van der Waals surface area contributed by atoms with Crippen LogP contribution in [-0.2, 0) is 10.0 Å². The molecule has 11 heteroatoms. The van der Waals surface area contributed by atoms with E-state index in [-0.39, 0.29) is 28.2 Å². The van der Waals surface area contributed by atoms with Gasteiger partial charge in [-0.25, -0.2) is 8.42 Å². The van der Waals surface area contributed by atoms with E-state index in [2.05, 4.69) is 5.32 Å². The fourth-order valence-corrected chi connectivity index (χ4v) is 5.62. The highest BCUT2D eigenvalue weighted by Gasteiger charge is 2.30. The van der Waals surface area contributed by atoms with Gasteiger partial charge >= 0.3 is 0 Å². The summed E-state index contributed by atoms with van der Waals surface area (Å²) in [6, 6.07) is 9.42. The Hall–Kier alpha value is -2.89. The number of nitro benzene ring substituents is 1. The lowest BCUT2D eigenvalue weighted by atomic mass is 9.95. The number of piperazine rings is 1. The van der Waals surface area contributed by atoms with Crippen LogP contribution in [0.1, 0.15) is 25.5 Å². The molecule has 2 heterocycles. The Labute approximate surface area is 199 Å². The summed E-state index contributed by atoms with van der Waals surface area (Å²) in [5, 5.41) is 15.2. The lowest BCUT2D eigenvalue weighted by Crippen LogP contribution is -2.47. The van der Waals surface area contributed by atoms with Crippen molar-refractivity contribution in [2.45, 2.75) is 24.8 Å². The summed E-state index contributed by atoms with van der Waals surface area (Å²) in [6.45, 7) is 6.91. The first-order chi connectivity index (χ1) is 16.2. The van der Waals surface area contributed by atoms with Crippen LogP contribution in [0.4, 0.5) is 11.4 Å². The van der Waals surface area contributed by atoms with Gasteiger partial charge in [0.2, 0.25) is 10.0 Å². The second kappa shape index (κ2) is 9.77. The number of rotatable bonds is 7. The Balaban J connectivity index is 1.64. The monoisotopic (exact) mass is 490 g/mol. The van der Waals surface area contributed by atoms with E-state index >= 15 is 0 Å². The summed E-state index contributed by atoms with van der Waals surface area (Å²) in [6.07, 6.45) is 0. The third-order valence-electron chi connectivity index (χ3n) is 6.17. The van der Waals surface area contributed by atoms with Crippen molar-refractivity contribution >= 4 is 21.4 Å². The molecule has 2 aromatic rings. The summed E-state index contributed by atoms with van der Waals surface area (Å²) in [5.74, 6) is 1.39. The zero-order chi connectivity index (χ0) is 24.5. The van der Waals surface area contributed by atoms with Crippen LogP contribution in [0.15, 0.2) is 41.3 Å². The standard InChI is InChI=1S/C23H30N4O6S/c1-16(2)23(17-4-7-21-22(14-17)33-13-12-32-21)24-19-6-5-18(15-20(19)27(28)29)34(30,31)26-10-8-25(3)9-11-26/h4-7,14-16,23-24H,8-13H2,1-3H3/t23-/m1/s1. The van der Waals surface area contributed by atoms with Crippen LogP contribution in [0.2, 0.25) is 0 Å². The van der Waals surface area contributed by atoms with Crippen molar-refractivity contribution < 1.29 is 22.8 Å². The number of sulfonamides is 1. The number of nitro groups is 1. The van der Waals surface area contributed by atoms with Gasteiger partial charge in [-0.05, 0) is 42.8 Å². The number of benzene rings is 2. The molecule has 1 saturated heterocycles. The first-order valence-corrected chi connectivity index (χ1v) is 12.7. The highest BCUT2D eigenvalue weighted by atomic mass is 32.2. The lowest BCUT2D eigenvalue weighted by Gasteiger charge is -2.31. The van der Waals surface area contributed by atoms with E-state index in [1.807, 2.05) is 44.0 Å². The molecule has 2 aliphatic heterocycles. The normalized spacial score (nSPS) is 18.0. The van der Waals surface area contributed by atoms with Gasteiger partial charge in [0.1, 0.15) is 18.9 Å². The summed E-state index contributed by atoms with van der Waals surface area (Å²) < 4.78 is 38.9. The maximum Gasteiger partial charge on any atom is 0.293 e. The molecule has 10 nitrogen and oxygen atoms in total. The summed E-state index contributed by atoms with van der Waals surface area (Å²) in [5.41, 5.74) is 0.872. The van der Waals surface area contributed by atoms with Gasteiger partial charge in [0.25, 0.3) is 5.69 Å². The predicted molar refractivity (Wildman–Crippen MR) is 128 cm³/mol. The Morgan fingerprint density at radius 2 is 1.68 bits per heavy atom. The summed E-state index contributed by atoms with van der Waals surface area (Å²) in [4.78, 5) is 13.3. The zero-order valence-electron chi connectivity index (χ0n) is 19.6. The van der Waals surface area contributed by atoms with Gasteiger partial charge in [-0.2, -0.15) is 4.31 Å². The van der Waals surface area contributed by atoms with Crippen LogP contribution in [0, 0.1) is 16.0 Å². The van der Waals surface area contributed by atoms with Crippen molar-refractivity contribution in [3.63, 3.8) is 0 Å². The third-order valence-corrected chi connectivity index (χ3v) is 8.06. The van der Waals surface area contributed by atoms with Crippen LogP contribution in [0.5, 0.6) is 11.5 Å². The average Bonchev–Trinajstić information content (AvgIpc) is 2.82. The number of nitrogens with one attached hydrogen (secondary N) is 1. The highest BCUT2D eigenvalue weighted by molar-refractivity contribution is 7.89. The van der Waals surface area contributed by atoms with Gasteiger partial charge in [-0.15, -0.1) is 0 Å². The maximum atomic E-state index is 13.1. The Morgan fingerprint density at radius 1 is 1.00 bits per heavy atom. The van der Waals surface area contributed by atoms with Crippen molar-refractivity contribution in [3.8, 4) is 11.5 Å². The Morgan fingerprint density at radius 3 is 2.32 bits per heavy atom. The minimum atomic E-state index is -3.82. The van der Waals surface area contributed by atoms with E-state index in [9.17, 15) is 18.5 Å². The minimum Gasteiger partial charge on any atom is -0.486 e. The average molecular weight is 491 g/mol. The molecule has 0 aromatic heterocycles. The molecular formula is C23H30N4O6S. The fraction of sp³-hybridized carbons (Fsp3) is 0.478. The first-order valence-electron chi connectivity index (χ1n) is 11.3. The number of hydrogen-bond donors (Lipinski definition) is 1. The molecule has 34 heavy (non-hydrogen) atoms. The molecule has 4 rings (SSSR count). The second-order valence-corrected chi connectivity index (χ2v) is 10.9. The molecule has 1 atom stereocenters. The highest BCUT2D eigenvalue weighted by Crippen LogP contribution is 2.38. The molecule has 1 N–H and O–H groups in total. The van der Waals surface area contributed by atoms with Crippen LogP contribution in [0.25, 0.3) is 0 Å². The minimum absolute atomic E-state index is 0.0743. The zero-order valence-corrected chi connectivity index (χ0v) is 20.4. The number of fused-ring (bicyclic) bond motifs is 1. The lowest BCUT2D eigenvalue weighted by molar-refractivity contribution is -0.384. The molecule has 2 aliphatic rings. The third kappa shape index (κ3) is 4.96. The van der Waals surface area contributed by atoms with Crippen LogP contribution in [-0.4, -0.2) is 69.0 Å². The van der Waals surface area contributed by atoms with E-state index < -0.39 is 14.9 Å². The molecule has 0 amide bonds. The van der Waals surface area contributed by atoms with Gasteiger partial charge in [0.05, 0.1) is 15.9 Å². The predicted octanol–water partition coefficient (Wildman–Crippen LogP) is 3.11. The number of nitrogens with zero attached hydrogens (tertiary/aromatic N) is 3. The van der Waals surface area contributed by atoms with Gasteiger partial charge < -0.3 is 19.7 Å². The molecule has 0 aliphatic carbocycles. The van der Waals surface area contributed by atoms with E-state index in [1.165, 1.54) is 16.4 Å². The molecule has 0 bridgehead atoms. The smallest absolute Gasteiger partial charge is 0.293 e. The van der Waals surface area contributed by atoms with Crippen LogP contribution >= 0.6 is 0 Å². The molecule has 0 spiro atoms. The molecule has 0 radical (unpaired) electrons. The Kier molecular flexibility index (Phi) is 6.96. The molecule has 0 unspecified atom stereocenters. The van der Waals surface area contributed by atoms with Gasteiger partial charge in [0.15, 0.2) is 11.5 Å². The van der Waals surface area contributed by atoms with Gasteiger partial charge in [-0.3, -0.25) is 10.1 Å². The fourth-order valence-electron chi connectivity index (χ4n) is 4.18. The maximum absolute atomic E-state index is 13.1. The topological polar surface area (TPSA) is 114 Å². The van der Waals surface area contributed by atoms with Gasteiger partial charge in [-0.1, -0.05) is 19.9 Å². The number of hydrogen-bond acceptors (Lipinski definition) is 8. The van der Waals surface area contributed by atoms with Crippen LogP contribution < -0.4 is 14.8 Å². The van der Waals surface area contributed by atoms with Crippen molar-refractivity contribution in [2.24, 2.45) is 5.92 Å². The van der Waals surface area contributed by atoms with Crippen molar-refractivity contribution in [1.29, 1.82) is 0 Å².